The minimum Gasteiger partial charge on any atom is -0.406 e. The van der Waals surface area contributed by atoms with Gasteiger partial charge in [0.1, 0.15) is 17.4 Å². The minimum atomic E-state index is -4.80. The number of pyridine rings is 1. The third-order valence-corrected chi connectivity index (χ3v) is 5.80. The van der Waals surface area contributed by atoms with Gasteiger partial charge in [0.05, 0.1) is 0 Å². The van der Waals surface area contributed by atoms with Gasteiger partial charge in [0, 0.05) is 31.0 Å². The quantitative estimate of drug-likeness (QED) is 0.573. The number of benzene rings is 2. The molecule has 0 bridgehead atoms. The lowest BCUT2D eigenvalue weighted by Gasteiger charge is -2.33. The van der Waals surface area contributed by atoms with Crippen molar-refractivity contribution in [2.75, 3.05) is 13.1 Å². The first-order valence-corrected chi connectivity index (χ1v) is 10.5. The molecule has 2 N–H and O–H groups in total. The summed E-state index contributed by atoms with van der Waals surface area (Å²) < 4.78 is 56.5. The molecule has 1 aromatic heterocycles. The summed E-state index contributed by atoms with van der Waals surface area (Å²) in [6.07, 6.45) is -1.22. The maximum Gasteiger partial charge on any atom is 0.573 e. The predicted octanol–water partition coefficient (Wildman–Crippen LogP) is 4.46. The summed E-state index contributed by atoms with van der Waals surface area (Å²) >= 11 is 0. The van der Waals surface area contributed by atoms with Crippen molar-refractivity contribution in [3.63, 3.8) is 0 Å². The van der Waals surface area contributed by atoms with Crippen molar-refractivity contribution in [2.24, 2.45) is 15.7 Å². The number of fused-ring (bicyclic) bond motifs is 1. The zero-order chi connectivity index (χ0) is 23.9. The first-order chi connectivity index (χ1) is 16.3. The molecule has 1 atom stereocenters. The molecule has 2 aromatic carbocycles. The SMILES string of the molecule is NC1=N[C@@](c2ccc(OC(F)(F)F)cc2)(c2cccc(-c3cnccc3F)c2)C2=NCCCN12. The number of halogens is 4. The fourth-order valence-corrected chi connectivity index (χ4v) is 4.37. The van der Waals surface area contributed by atoms with Crippen LogP contribution < -0.4 is 10.5 Å². The van der Waals surface area contributed by atoms with Gasteiger partial charge in [-0.25, -0.2) is 9.38 Å². The Balaban J connectivity index is 1.68. The molecule has 10 heteroatoms. The number of alkyl halides is 3. The van der Waals surface area contributed by atoms with Crippen LogP contribution in [0.25, 0.3) is 11.1 Å². The highest BCUT2D eigenvalue weighted by atomic mass is 19.4. The number of hydrogen-bond donors (Lipinski definition) is 1. The largest absolute Gasteiger partial charge is 0.573 e. The number of guanidine groups is 1. The molecular weight excluding hydrogens is 450 g/mol. The Hall–Kier alpha value is -3.95. The van der Waals surface area contributed by atoms with Crippen molar-refractivity contribution in [1.29, 1.82) is 0 Å². The average Bonchev–Trinajstić information content (AvgIpc) is 3.13. The molecule has 5 rings (SSSR count). The number of amidine groups is 1. The monoisotopic (exact) mass is 469 g/mol. The van der Waals surface area contributed by atoms with Crippen LogP contribution in [-0.4, -0.2) is 41.1 Å². The topological polar surface area (TPSA) is 76.1 Å². The smallest absolute Gasteiger partial charge is 0.406 e. The summed E-state index contributed by atoms with van der Waals surface area (Å²) in [4.78, 5) is 15.3. The maximum atomic E-state index is 14.5. The van der Waals surface area contributed by atoms with Gasteiger partial charge in [-0.05, 0) is 47.4 Å². The van der Waals surface area contributed by atoms with Crippen LogP contribution in [0.1, 0.15) is 17.5 Å². The molecule has 0 amide bonds. The lowest BCUT2D eigenvalue weighted by atomic mass is 9.81. The van der Waals surface area contributed by atoms with E-state index in [0.29, 0.717) is 41.2 Å². The molecular formula is C24H19F4N5O. The van der Waals surface area contributed by atoms with Crippen molar-refractivity contribution in [3.8, 4) is 16.9 Å². The molecule has 34 heavy (non-hydrogen) atoms. The number of hydrogen-bond acceptors (Lipinski definition) is 6. The standard InChI is InChI=1S/C24H19F4N5O/c25-20-9-11-30-14-19(20)15-3-1-4-17(13-15)23(21-31-10-2-12-33(21)22(29)32-23)16-5-7-18(8-6-16)34-24(26,27)28/h1,3-9,11,13-14H,2,10,12H2,(H2,29,32)/t23-/m0/s1. The second-order valence-electron chi connectivity index (χ2n) is 7.90. The zero-order valence-corrected chi connectivity index (χ0v) is 17.8. The van der Waals surface area contributed by atoms with E-state index in [-0.39, 0.29) is 11.7 Å². The molecule has 0 unspecified atom stereocenters. The second kappa shape index (κ2) is 8.12. The molecule has 0 fully saturated rings. The lowest BCUT2D eigenvalue weighted by Crippen LogP contribution is -2.46. The van der Waals surface area contributed by atoms with Gasteiger partial charge in [-0.3, -0.25) is 14.9 Å². The summed E-state index contributed by atoms with van der Waals surface area (Å²) in [5.74, 6) is 0.0486. The first kappa shape index (κ1) is 21.9. The highest BCUT2D eigenvalue weighted by Gasteiger charge is 2.49. The number of nitrogens with zero attached hydrogens (tertiary/aromatic N) is 4. The van der Waals surface area contributed by atoms with Gasteiger partial charge in [0.2, 0.25) is 0 Å². The van der Waals surface area contributed by atoms with E-state index in [0.717, 1.165) is 6.42 Å². The zero-order valence-electron chi connectivity index (χ0n) is 17.8. The van der Waals surface area contributed by atoms with Crippen molar-refractivity contribution < 1.29 is 22.3 Å². The van der Waals surface area contributed by atoms with Crippen LogP contribution in [0.15, 0.2) is 77.0 Å². The van der Waals surface area contributed by atoms with E-state index in [1.807, 2.05) is 6.07 Å². The first-order valence-electron chi connectivity index (χ1n) is 10.5. The Morgan fingerprint density at radius 3 is 2.56 bits per heavy atom. The predicted molar refractivity (Wildman–Crippen MR) is 119 cm³/mol. The van der Waals surface area contributed by atoms with E-state index in [2.05, 4.69) is 9.72 Å². The maximum absolute atomic E-state index is 14.5. The van der Waals surface area contributed by atoms with Crippen LogP contribution in [0, 0.1) is 5.82 Å². The van der Waals surface area contributed by atoms with E-state index < -0.39 is 17.7 Å². The van der Waals surface area contributed by atoms with Gasteiger partial charge >= 0.3 is 6.36 Å². The molecule has 0 aliphatic carbocycles. The molecule has 3 aromatic rings. The van der Waals surface area contributed by atoms with E-state index >= 15 is 0 Å². The number of aromatic nitrogens is 1. The summed E-state index contributed by atoms with van der Waals surface area (Å²) in [7, 11) is 0. The van der Waals surface area contributed by atoms with E-state index in [1.165, 1.54) is 42.7 Å². The fraction of sp³-hybridized carbons (Fsp3) is 0.208. The summed E-state index contributed by atoms with van der Waals surface area (Å²) in [5, 5.41) is 0. The van der Waals surface area contributed by atoms with Crippen LogP contribution in [0.5, 0.6) is 5.75 Å². The normalized spacial score (nSPS) is 19.9. The minimum absolute atomic E-state index is 0.257. The van der Waals surface area contributed by atoms with Gasteiger partial charge in [-0.1, -0.05) is 30.3 Å². The van der Waals surface area contributed by atoms with Crippen LogP contribution >= 0.6 is 0 Å². The number of rotatable bonds is 4. The lowest BCUT2D eigenvalue weighted by molar-refractivity contribution is -0.274. The van der Waals surface area contributed by atoms with E-state index in [9.17, 15) is 17.6 Å². The average molecular weight is 469 g/mol. The molecule has 3 heterocycles. The van der Waals surface area contributed by atoms with Crippen LogP contribution in [0.2, 0.25) is 0 Å². The van der Waals surface area contributed by atoms with Crippen molar-refractivity contribution in [2.45, 2.75) is 18.3 Å². The number of nitrogens with two attached hydrogens (primary N) is 1. The highest BCUT2D eigenvalue weighted by Crippen LogP contribution is 2.43. The summed E-state index contributed by atoms with van der Waals surface area (Å²) in [6, 6.07) is 13.9. The molecule has 0 spiro atoms. The Labute approximate surface area is 192 Å². The second-order valence-corrected chi connectivity index (χ2v) is 7.90. The number of ether oxygens (including phenoxy) is 1. The van der Waals surface area contributed by atoms with E-state index in [1.54, 1.807) is 23.1 Å². The Morgan fingerprint density at radius 1 is 1.03 bits per heavy atom. The summed E-state index contributed by atoms with van der Waals surface area (Å²) in [6.45, 7) is 1.17. The van der Waals surface area contributed by atoms with Gasteiger partial charge in [-0.15, -0.1) is 13.2 Å². The van der Waals surface area contributed by atoms with Crippen LogP contribution in [-0.2, 0) is 5.54 Å². The summed E-state index contributed by atoms with van der Waals surface area (Å²) in [5.41, 5.74) is 7.14. The third-order valence-electron chi connectivity index (χ3n) is 5.80. The van der Waals surface area contributed by atoms with Crippen molar-refractivity contribution in [3.05, 3.63) is 83.9 Å². The molecule has 0 saturated heterocycles. The Kier molecular flexibility index (Phi) is 5.22. The highest BCUT2D eigenvalue weighted by molar-refractivity contribution is 6.12. The molecule has 174 valence electrons. The van der Waals surface area contributed by atoms with Gasteiger partial charge in [0.25, 0.3) is 0 Å². The van der Waals surface area contributed by atoms with Crippen molar-refractivity contribution in [1.82, 2.24) is 9.88 Å². The molecule has 2 aliphatic heterocycles. The van der Waals surface area contributed by atoms with Crippen LogP contribution in [0.3, 0.4) is 0 Å². The van der Waals surface area contributed by atoms with Gasteiger partial charge < -0.3 is 10.5 Å². The van der Waals surface area contributed by atoms with Gasteiger partial charge in [-0.2, -0.15) is 0 Å². The Bertz CT molecular complexity index is 1290. The fourth-order valence-electron chi connectivity index (χ4n) is 4.37. The van der Waals surface area contributed by atoms with Gasteiger partial charge in [0.15, 0.2) is 11.5 Å². The molecule has 6 nitrogen and oxygen atoms in total. The Morgan fingerprint density at radius 2 is 1.82 bits per heavy atom. The van der Waals surface area contributed by atoms with E-state index in [4.69, 9.17) is 15.7 Å². The molecule has 0 radical (unpaired) electrons. The molecule has 0 saturated carbocycles. The number of aliphatic imine (C=N–C) groups is 2. The van der Waals surface area contributed by atoms with Crippen LogP contribution in [0.4, 0.5) is 17.6 Å². The van der Waals surface area contributed by atoms with Crippen molar-refractivity contribution >= 4 is 11.8 Å². The molecule has 2 aliphatic rings. The third kappa shape index (κ3) is 3.74.